The molecule has 1 atom stereocenters. The van der Waals surface area contributed by atoms with Crippen LogP contribution >= 0.6 is 0 Å². The molecule has 1 N–H and O–H groups in total. The molecular formula is C16H19FN2O. The maximum Gasteiger partial charge on any atom is 0.240 e. The summed E-state index contributed by atoms with van der Waals surface area (Å²) in [5, 5.41) is 12.2. The smallest absolute Gasteiger partial charge is 0.240 e. The Morgan fingerprint density at radius 3 is 2.60 bits per heavy atom. The van der Waals surface area contributed by atoms with Gasteiger partial charge in [0.2, 0.25) is 5.91 Å². The van der Waals surface area contributed by atoms with Crippen LogP contribution in [-0.2, 0) is 4.79 Å². The lowest BCUT2D eigenvalue weighted by Crippen LogP contribution is -2.42. The summed E-state index contributed by atoms with van der Waals surface area (Å²) in [6, 6.07) is 8.13. The molecule has 1 aliphatic carbocycles. The van der Waals surface area contributed by atoms with Crippen LogP contribution < -0.4 is 5.32 Å². The third-order valence-corrected chi connectivity index (χ3v) is 4.08. The van der Waals surface area contributed by atoms with Gasteiger partial charge in [-0.3, -0.25) is 4.79 Å². The molecule has 0 spiro atoms. The van der Waals surface area contributed by atoms with E-state index in [0.29, 0.717) is 18.4 Å². The molecule has 1 saturated carbocycles. The maximum atomic E-state index is 13.7. The van der Waals surface area contributed by atoms with E-state index in [2.05, 4.69) is 11.4 Å². The molecule has 1 aromatic carbocycles. The molecule has 4 heteroatoms. The number of halogens is 1. The van der Waals surface area contributed by atoms with E-state index < -0.39 is 11.5 Å². The highest BCUT2D eigenvalue weighted by Gasteiger charge is 2.40. The topological polar surface area (TPSA) is 52.9 Å². The Hall–Kier alpha value is -1.89. The number of nitriles is 1. The number of carbonyl (C=O) groups is 1. The van der Waals surface area contributed by atoms with Crippen molar-refractivity contribution in [3.8, 4) is 6.07 Å². The van der Waals surface area contributed by atoms with Crippen LogP contribution in [0.15, 0.2) is 24.3 Å². The monoisotopic (exact) mass is 274 g/mol. The first-order valence-corrected chi connectivity index (χ1v) is 7.06. The van der Waals surface area contributed by atoms with Crippen LogP contribution in [0, 0.1) is 22.6 Å². The Labute approximate surface area is 118 Å². The number of hydrogen-bond donors (Lipinski definition) is 1. The van der Waals surface area contributed by atoms with Gasteiger partial charge < -0.3 is 5.32 Å². The van der Waals surface area contributed by atoms with Gasteiger partial charge in [-0.25, -0.2) is 4.39 Å². The zero-order chi connectivity index (χ0) is 14.6. The van der Waals surface area contributed by atoms with Gasteiger partial charge in [-0.05, 0) is 25.8 Å². The van der Waals surface area contributed by atoms with Crippen molar-refractivity contribution in [1.82, 2.24) is 5.32 Å². The highest BCUT2D eigenvalue weighted by Crippen LogP contribution is 2.36. The Balaban J connectivity index is 2.11. The average Bonchev–Trinajstić information content (AvgIpc) is 2.48. The normalized spacial score (nSPS) is 18.9. The Kier molecular flexibility index (Phi) is 4.39. The maximum absolute atomic E-state index is 13.7. The van der Waals surface area contributed by atoms with Crippen molar-refractivity contribution in [2.24, 2.45) is 5.41 Å². The van der Waals surface area contributed by atoms with Crippen LogP contribution in [0.25, 0.3) is 0 Å². The fraction of sp³-hybridized carbons (Fsp3) is 0.500. The first-order chi connectivity index (χ1) is 9.59. The van der Waals surface area contributed by atoms with Gasteiger partial charge in [0.05, 0.1) is 12.1 Å². The molecule has 0 aliphatic heterocycles. The lowest BCUT2D eigenvalue weighted by molar-refractivity contribution is -0.130. The van der Waals surface area contributed by atoms with E-state index in [0.717, 1.165) is 19.3 Å². The van der Waals surface area contributed by atoms with Crippen molar-refractivity contribution in [1.29, 1.82) is 5.26 Å². The highest BCUT2D eigenvalue weighted by molar-refractivity contribution is 5.85. The molecule has 1 unspecified atom stereocenters. The van der Waals surface area contributed by atoms with Gasteiger partial charge in [-0.2, -0.15) is 5.26 Å². The second-order valence-corrected chi connectivity index (χ2v) is 5.47. The van der Waals surface area contributed by atoms with Crippen molar-refractivity contribution >= 4 is 5.91 Å². The number of carbonyl (C=O) groups excluding carboxylic acids is 1. The van der Waals surface area contributed by atoms with E-state index in [4.69, 9.17) is 0 Å². The fourth-order valence-electron chi connectivity index (χ4n) is 2.78. The van der Waals surface area contributed by atoms with Gasteiger partial charge in [0.15, 0.2) is 0 Å². The number of hydrogen-bond acceptors (Lipinski definition) is 2. The predicted octanol–water partition coefficient (Wildman–Crippen LogP) is 3.48. The van der Waals surface area contributed by atoms with Crippen molar-refractivity contribution < 1.29 is 9.18 Å². The second-order valence-electron chi connectivity index (χ2n) is 5.47. The van der Waals surface area contributed by atoms with Gasteiger partial charge in [-0.15, -0.1) is 0 Å². The molecule has 1 aliphatic rings. The third kappa shape index (κ3) is 2.82. The van der Waals surface area contributed by atoms with Crippen LogP contribution in [-0.4, -0.2) is 5.91 Å². The average molecular weight is 274 g/mol. The Bertz CT molecular complexity index is 530. The minimum atomic E-state index is -0.933. The molecular weight excluding hydrogens is 255 g/mol. The molecule has 2 rings (SSSR count). The molecule has 106 valence electrons. The predicted molar refractivity (Wildman–Crippen MR) is 74.1 cm³/mol. The van der Waals surface area contributed by atoms with Crippen molar-refractivity contribution in [3.05, 3.63) is 35.6 Å². The first-order valence-electron chi connectivity index (χ1n) is 7.06. The summed E-state index contributed by atoms with van der Waals surface area (Å²) >= 11 is 0. The number of benzene rings is 1. The van der Waals surface area contributed by atoms with Crippen molar-refractivity contribution in [3.63, 3.8) is 0 Å². The van der Waals surface area contributed by atoms with Gasteiger partial charge in [0.25, 0.3) is 0 Å². The van der Waals surface area contributed by atoms with Crippen LogP contribution in [0.3, 0.4) is 0 Å². The summed E-state index contributed by atoms with van der Waals surface area (Å²) in [6.07, 6.45) is 4.06. The van der Waals surface area contributed by atoms with E-state index in [1.807, 2.05) is 0 Å². The molecule has 20 heavy (non-hydrogen) atoms. The molecule has 0 heterocycles. The van der Waals surface area contributed by atoms with Gasteiger partial charge in [0, 0.05) is 5.56 Å². The van der Waals surface area contributed by atoms with Crippen molar-refractivity contribution in [2.45, 2.75) is 45.1 Å². The van der Waals surface area contributed by atoms with Crippen molar-refractivity contribution in [2.75, 3.05) is 0 Å². The SMILES string of the molecule is CC(NC(=O)C1(C#N)CCCCC1)c1ccccc1F. The molecule has 3 nitrogen and oxygen atoms in total. The second kappa shape index (κ2) is 6.04. The Morgan fingerprint density at radius 2 is 2.00 bits per heavy atom. The molecule has 0 radical (unpaired) electrons. The number of rotatable bonds is 3. The molecule has 1 aromatic rings. The molecule has 0 bridgehead atoms. The number of nitrogens with zero attached hydrogens (tertiary/aromatic N) is 1. The molecule has 1 amide bonds. The van der Waals surface area contributed by atoms with E-state index in [-0.39, 0.29) is 11.7 Å². The summed E-state index contributed by atoms with van der Waals surface area (Å²) < 4.78 is 13.7. The van der Waals surface area contributed by atoms with E-state index >= 15 is 0 Å². The summed E-state index contributed by atoms with van der Waals surface area (Å²) in [5.74, 6) is -0.606. The molecule has 0 aromatic heterocycles. The quantitative estimate of drug-likeness (QED) is 0.917. The first kappa shape index (κ1) is 14.5. The summed E-state index contributed by atoms with van der Waals surface area (Å²) in [7, 11) is 0. The van der Waals surface area contributed by atoms with E-state index in [9.17, 15) is 14.4 Å². The summed E-state index contributed by atoms with van der Waals surface area (Å²) in [5.41, 5.74) is -0.484. The fourth-order valence-corrected chi connectivity index (χ4v) is 2.78. The number of amides is 1. The molecule has 1 fully saturated rings. The summed E-state index contributed by atoms with van der Waals surface area (Å²) in [6.45, 7) is 1.74. The lowest BCUT2D eigenvalue weighted by atomic mass is 9.74. The van der Waals surface area contributed by atoms with Crippen LogP contribution in [0.4, 0.5) is 4.39 Å². The lowest BCUT2D eigenvalue weighted by Gasteiger charge is -2.30. The standard InChI is InChI=1S/C16H19FN2O/c1-12(13-7-3-4-8-14(13)17)19-15(20)16(11-18)9-5-2-6-10-16/h3-4,7-8,12H,2,5-6,9-10H2,1H3,(H,19,20). The largest absolute Gasteiger partial charge is 0.348 e. The van der Waals surface area contributed by atoms with Crippen LogP contribution in [0.1, 0.15) is 50.6 Å². The number of nitrogens with one attached hydrogen (secondary N) is 1. The zero-order valence-electron chi connectivity index (χ0n) is 11.7. The van der Waals surface area contributed by atoms with Gasteiger partial charge >= 0.3 is 0 Å². The van der Waals surface area contributed by atoms with Gasteiger partial charge in [-0.1, -0.05) is 37.5 Å². The van der Waals surface area contributed by atoms with E-state index in [1.165, 1.54) is 6.07 Å². The minimum absolute atomic E-state index is 0.268. The highest BCUT2D eigenvalue weighted by atomic mass is 19.1. The molecule has 0 saturated heterocycles. The Morgan fingerprint density at radius 1 is 1.35 bits per heavy atom. The van der Waals surface area contributed by atoms with Crippen LogP contribution in [0.5, 0.6) is 0 Å². The third-order valence-electron chi connectivity index (χ3n) is 4.08. The van der Waals surface area contributed by atoms with E-state index in [1.54, 1.807) is 25.1 Å². The summed E-state index contributed by atoms with van der Waals surface area (Å²) in [4.78, 5) is 12.4. The van der Waals surface area contributed by atoms with Gasteiger partial charge in [0.1, 0.15) is 11.2 Å². The van der Waals surface area contributed by atoms with Crippen LogP contribution in [0.2, 0.25) is 0 Å². The minimum Gasteiger partial charge on any atom is -0.348 e. The zero-order valence-corrected chi connectivity index (χ0v) is 11.7.